The van der Waals surface area contributed by atoms with Crippen molar-refractivity contribution in [2.24, 2.45) is 0 Å². The first-order chi connectivity index (χ1) is 8.81. The Morgan fingerprint density at radius 1 is 1.28 bits per heavy atom. The van der Waals surface area contributed by atoms with E-state index in [-0.39, 0.29) is 18.5 Å². The SMILES string of the molecule is N#CCN(C(=O)Cc1ccccc1)C1CCCC1. The molecule has 0 N–H and O–H groups in total. The van der Waals surface area contributed by atoms with Crippen LogP contribution in [-0.2, 0) is 11.2 Å². The maximum absolute atomic E-state index is 12.3. The molecule has 0 aliphatic heterocycles. The highest BCUT2D eigenvalue weighted by atomic mass is 16.2. The summed E-state index contributed by atoms with van der Waals surface area (Å²) >= 11 is 0. The average molecular weight is 242 g/mol. The number of hydrogen-bond acceptors (Lipinski definition) is 2. The standard InChI is InChI=1S/C15H18N2O/c16-10-11-17(14-8-4-5-9-14)15(18)12-13-6-2-1-3-7-13/h1-3,6-7,14H,4-5,8-9,11-12H2. The van der Waals surface area contributed by atoms with Gasteiger partial charge in [0.25, 0.3) is 0 Å². The number of hydrogen-bond donors (Lipinski definition) is 0. The highest BCUT2D eigenvalue weighted by Crippen LogP contribution is 2.23. The van der Waals surface area contributed by atoms with E-state index in [1.165, 1.54) is 12.8 Å². The quantitative estimate of drug-likeness (QED) is 0.761. The van der Waals surface area contributed by atoms with Crippen LogP contribution in [0.15, 0.2) is 30.3 Å². The predicted octanol–water partition coefficient (Wildman–Crippen LogP) is 2.52. The average Bonchev–Trinajstić information content (AvgIpc) is 2.90. The number of benzene rings is 1. The lowest BCUT2D eigenvalue weighted by molar-refractivity contribution is -0.132. The fraction of sp³-hybridized carbons (Fsp3) is 0.467. The fourth-order valence-electron chi connectivity index (χ4n) is 2.59. The molecule has 1 aliphatic carbocycles. The lowest BCUT2D eigenvalue weighted by atomic mass is 10.1. The number of nitrogens with zero attached hydrogens (tertiary/aromatic N) is 2. The van der Waals surface area contributed by atoms with Crippen LogP contribution in [0, 0.1) is 11.3 Å². The van der Waals surface area contributed by atoms with Gasteiger partial charge in [-0.05, 0) is 18.4 Å². The maximum Gasteiger partial charge on any atom is 0.228 e. The molecule has 1 fully saturated rings. The first-order valence-electron chi connectivity index (χ1n) is 6.51. The van der Waals surface area contributed by atoms with E-state index in [9.17, 15) is 4.79 Å². The van der Waals surface area contributed by atoms with Gasteiger partial charge < -0.3 is 4.90 Å². The van der Waals surface area contributed by atoms with Crippen molar-refractivity contribution in [2.75, 3.05) is 6.54 Å². The molecule has 3 heteroatoms. The van der Waals surface area contributed by atoms with Crippen LogP contribution in [0.25, 0.3) is 0 Å². The largest absolute Gasteiger partial charge is 0.326 e. The molecule has 0 spiro atoms. The first kappa shape index (κ1) is 12.6. The van der Waals surface area contributed by atoms with Crippen LogP contribution in [0.5, 0.6) is 0 Å². The van der Waals surface area contributed by atoms with Crippen LogP contribution in [0.1, 0.15) is 31.2 Å². The third-order valence-electron chi connectivity index (χ3n) is 3.53. The van der Waals surface area contributed by atoms with E-state index in [0.717, 1.165) is 18.4 Å². The summed E-state index contributed by atoms with van der Waals surface area (Å²) in [6.07, 6.45) is 4.83. The molecular weight excluding hydrogens is 224 g/mol. The van der Waals surface area contributed by atoms with Gasteiger partial charge in [0.05, 0.1) is 12.5 Å². The Hall–Kier alpha value is -1.82. The second kappa shape index (κ2) is 6.20. The van der Waals surface area contributed by atoms with Gasteiger partial charge >= 0.3 is 0 Å². The van der Waals surface area contributed by atoms with E-state index in [0.29, 0.717) is 6.42 Å². The van der Waals surface area contributed by atoms with E-state index >= 15 is 0 Å². The Morgan fingerprint density at radius 3 is 2.56 bits per heavy atom. The molecule has 0 bridgehead atoms. The number of carbonyl (C=O) groups excluding carboxylic acids is 1. The molecule has 3 nitrogen and oxygen atoms in total. The molecule has 0 heterocycles. The van der Waals surface area contributed by atoms with Gasteiger partial charge in [0.15, 0.2) is 0 Å². The van der Waals surface area contributed by atoms with E-state index in [1.807, 2.05) is 30.3 Å². The number of rotatable bonds is 4. The summed E-state index contributed by atoms with van der Waals surface area (Å²) < 4.78 is 0. The highest BCUT2D eigenvalue weighted by Gasteiger charge is 2.26. The third-order valence-corrected chi connectivity index (χ3v) is 3.53. The number of carbonyl (C=O) groups is 1. The summed E-state index contributed by atoms with van der Waals surface area (Å²) in [7, 11) is 0. The zero-order chi connectivity index (χ0) is 12.8. The Balaban J connectivity index is 2.02. The van der Waals surface area contributed by atoms with E-state index in [1.54, 1.807) is 4.90 Å². The van der Waals surface area contributed by atoms with Crippen LogP contribution in [0.4, 0.5) is 0 Å². The first-order valence-corrected chi connectivity index (χ1v) is 6.51. The van der Waals surface area contributed by atoms with E-state index in [4.69, 9.17) is 5.26 Å². The molecule has 18 heavy (non-hydrogen) atoms. The van der Waals surface area contributed by atoms with Crippen LogP contribution < -0.4 is 0 Å². The fourth-order valence-corrected chi connectivity index (χ4v) is 2.59. The van der Waals surface area contributed by atoms with Gasteiger partial charge in [0.1, 0.15) is 6.54 Å². The molecule has 94 valence electrons. The molecule has 2 rings (SSSR count). The van der Waals surface area contributed by atoms with Crippen molar-refractivity contribution in [1.29, 1.82) is 5.26 Å². The van der Waals surface area contributed by atoms with Crippen molar-refractivity contribution in [1.82, 2.24) is 4.90 Å². The van der Waals surface area contributed by atoms with Crippen molar-refractivity contribution in [2.45, 2.75) is 38.1 Å². The minimum atomic E-state index is 0.0784. The highest BCUT2D eigenvalue weighted by molar-refractivity contribution is 5.79. The molecule has 0 aromatic heterocycles. The van der Waals surface area contributed by atoms with Crippen LogP contribution in [0.3, 0.4) is 0 Å². The number of nitriles is 1. The topological polar surface area (TPSA) is 44.1 Å². The monoisotopic (exact) mass is 242 g/mol. The second-order valence-corrected chi connectivity index (χ2v) is 4.78. The molecule has 1 aromatic rings. The summed E-state index contributed by atoms with van der Waals surface area (Å²) in [6, 6.07) is 12.1. The van der Waals surface area contributed by atoms with Gasteiger partial charge in [-0.2, -0.15) is 5.26 Å². The minimum absolute atomic E-state index is 0.0784. The van der Waals surface area contributed by atoms with Crippen molar-refractivity contribution < 1.29 is 4.79 Å². The summed E-state index contributed by atoms with van der Waals surface area (Å²) in [6.45, 7) is 0.219. The number of amides is 1. The summed E-state index contributed by atoms with van der Waals surface area (Å²) in [4.78, 5) is 14.0. The Bertz CT molecular complexity index is 430. The van der Waals surface area contributed by atoms with Gasteiger partial charge in [0, 0.05) is 6.04 Å². The molecular formula is C15H18N2O. The predicted molar refractivity (Wildman–Crippen MR) is 69.7 cm³/mol. The van der Waals surface area contributed by atoms with E-state index in [2.05, 4.69) is 6.07 Å². The minimum Gasteiger partial charge on any atom is -0.326 e. The third kappa shape index (κ3) is 3.10. The van der Waals surface area contributed by atoms with Crippen molar-refractivity contribution >= 4 is 5.91 Å². The van der Waals surface area contributed by atoms with Crippen LogP contribution >= 0.6 is 0 Å². The van der Waals surface area contributed by atoms with Crippen molar-refractivity contribution in [3.05, 3.63) is 35.9 Å². The molecule has 1 aliphatic rings. The molecule has 0 radical (unpaired) electrons. The lowest BCUT2D eigenvalue weighted by Gasteiger charge is -2.26. The molecule has 0 unspecified atom stereocenters. The molecule has 1 aromatic carbocycles. The van der Waals surface area contributed by atoms with Crippen molar-refractivity contribution in [3.8, 4) is 6.07 Å². The Labute approximate surface area is 108 Å². The molecule has 1 amide bonds. The molecule has 0 saturated heterocycles. The van der Waals surface area contributed by atoms with Crippen LogP contribution in [0.2, 0.25) is 0 Å². The summed E-state index contributed by atoms with van der Waals surface area (Å²) in [5.74, 6) is 0.0784. The smallest absolute Gasteiger partial charge is 0.228 e. The van der Waals surface area contributed by atoms with Crippen LogP contribution in [-0.4, -0.2) is 23.4 Å². The molecule has 1 saturated carbocycles. The Morgan fingerprint density at radius 2 is 1.94 bits per heavy atom. The lowest BCUT2D eigenvalue weighted by Crippen LogP contribution is -2.40. The normalized spacial score (nSPS) is 15.3. The molecule has 0 atom stereocenters. The van der Waals surface area contributed by atoms with Gasteiger partial charge in [-0.1, -0.05) is 43.2 Å². The van der Waals surface area contributed by atoms with E-state index < -0.39 is 0 Å². The van der Waals surface area contributed by atoms with Gasteiger partial charge in [-0.3, -0.25) is 4.79 Å². The second-order valence-electron chi connectivity index (χ2n) is 4.78. The zero-order valence-corrected chi connectivity index (χ0v) is 10.5. The van der Waals surface area contributed by atoms with Crippen molar-refractivity contribution in [3.63, 3.8) is 0 Å². The van der Waals surface area contributed by atoms with Gasteiger partial charge in [-0.15, -0.1) is 0 Å². The summed E-state index contributed by atoms with van der Waals surface area (Å²) in [5, 5.41) is 8.87. The zero-order valence-electron chi connectivity index (χ0n) is 10.5. The van der Waals surface area contributed by atoms with Gasteiger partial charge in [0.2, 0.25) is 5.91 Å². The van der Waals surface area contributed by atoms with Gasteiger partial charge in [-0.25, -0.2) is 0 Å². The Kier molecular flexibility index (Phi) is 4.35. The maximum atomic E-state index is 12.3. The summed E-state index contributed by atoms with van der Waals surface area (Å²) in [5.41, 5.74) is 1.02.